The number of hydrogen-bond donors (Lipinski definition) is 0. The molecule has 0 N–H and O–H groups in total. The second kappa shape index (κ2) is 12.3. The highest BCUT2D eigenvalue weighted by Gasteiger charge is 2.24. The fourth-order valence-electron chi connectivity index (χ4n) is 8.49. The van der Waals surface area contributed by atoms with Crippen LogP contribution in [0.1, 0.15) is 0 Å². The zero-order valence-electron chi connectivity index (χ0n) is 30.4. The number of rotatable bonds is 5. The third-order valence-corrected chi connectivity index (χ3v) is 11.1. The van der Waals surface area contributed by atoms with Crippen molar-refractivity contribution in [2.75, 3.05) is 0 Å². The van der Waals surface area contributed by atoms with Crippen LogP contribution >= 0.6 is 0 Å². The van der Waals surface area contributed by atoms with Crippen LogP contribution in [-0.4, -0.2) is 19.5 Å². The molecular formula is C51H30N4O2. The second-order valence-electron chi connectivity index (χ2n) is 14.3. The molecule has 0 aliphatic carbocycles. The summed E-state index contributed by atoms with van der Waals surface area (Å²) in [6.07, 6.45) is 0. The van der Waals surface area contributed by atoms with E-state index in [1.165, 1.54) is 10.8 Å². The van der Waals surface area contributed by atoms with Gasteiger partial charge >= 0.3 is 0 Å². The van der Waals surface area contributed by atoms with E-state index in [0.717, 1.165) is 88.4 Å². The Labute approximate surface area is 325 Å². The molecule has 0 aliphatic rings. The van der Waals surface area contributed by atoms with E-state index >= 15 is 0 Å². The molecule has 0 saturated carbocycles. The summed E-state index contributed by atoms with van der Waals surface area (Å²) < 4.78 is 15.9. The number of furan rings is 2. The van der Waals surface area contributed by atoms with Crippen molar-refractivity contribution in [2.45, 2.75) is 0 Å². The summed E-state index contributed by atoms with van der Waals surface area (Å²) >= 11 is 0. The molecule has 4 aromatic heterocycles. The zero-order chi connectivity index (χ0) is 37.5. The van der Waals surface area contributed by atoms with E-state index in [2.05, 4.69) is 108 Å². The quantitative estimate of drug-likeness (QED) is 0.176. The summed E-state index contributed by atoms with van der Waals surface area (Å²) in [5.74, 6) is 1.75. The fraction of sp³-hybridized carbons (Fsp3) is 0. The Morgan fingerprint density at radius 1 is 0.351 bits per heavy atom. The van der Waals surface area contributed by atoms with E-state index in [-0.39, 0.29) is 0 Å². The number of nitrogens with zero attached hydrogens (tertiary/aromatic N) is 4. The van der Waals surface area contributed by atoms with E-state index in [9.17, 15) is 0 Å². The molecule has 0 spiro atoms. The molecule has 0 fully saturated rings. The van der Waals surface area contributed by atoms with Gasteiger partial charge in [-0.2, -0.15) is 0 Å². The maximum atomic E-state index is 7.25. The standard InChI is InChI=1S/C51H30N4O2/c1-3-14-31(15-4-1)49-52-50(32-16-5-2-6-17-32)54-51(53-49)39-28-27-38-37-21-13-24-43(55-41-22-10-7-18-34(41)35-19-8-11-23-42(35)55)47(37)57-48(38)46(39)33-26-29-45-40(30-33)36-20-9-12-25-44(36)56-45/h1-30H. The first-order valence-electron chi connectivity index (χ1n) is 19.0. The van der Waals surface area contributed by atoms with Crippen molar-refractivity contribution in [1.82, 2.24) is 19.5 Å². The zero-order valence-corrected chi connectivity index (χ0v) is 30.4. The topological polar surface area (TPSA) is 69.9 Å². The first-order valence-corrected chi connectivity index (χ1v) is 19.0. The second-order valence-corrected chi connectivity index (χ2v) is 14.3. The molecule has 0 bridgehead atoms. The lowest BCUT2D eigenvalue weighted by molar-refractivity contribution is 0.667. The molecule has 12 rings (SSSR count). The molecule has 4 heterocycles. The van der Waals surface area contributed by atoms with Gasteiger partial charge in [0.1, 0.15) is 16.7 Å². The summed E-state index contributed by atoms with van der Waals surface area (Å²) in [5.41, 5.74) is 11.0. The highest BCUT2D eigenvalue weighted by atomic mass is 16.3. The van der Waals surface area contributed by atoms with Crippen LogP contribution in [0.15, 0.2) is 191 Å². The van der Waals surface area contributed by atoms with Gasteiger partial charge in [0.25, 0.3) is 0 Å². The Balaban J connectivity index is 1.18. The molecule has 0 radical (unpaired) electrons. The van der Waals surface area contributed by atoms with E-state index in [1.54, 1.807) is 0 Å². The highest BCUT2D eigenvalue weighted by Crippen LogP contribution is 2.45. The molecule has 0 atom stereocenters. The molecule has 6 nitrogen and oxygen atoms in total. The van der Waals surface area contributed by atoms with Gasteiger partial charge in [-0.05, 0) is 54.1 Å². The lowest BCUT2D eigenvalue weighted by atomic mass is 9.95. The lowest BCUT2D eigenvalue weighted by Gasteiger charge is -2.13. The van der Waals surface area contributed by atoms with Gasteiger partial charge in [0.15, 0.2) is 23.1 Å². The summed E-state index contributed by atoms with van der Waals surface area (Å²) in [7, 11) is 0. The van der Waals surface area contributed by atoms with Gasteiger partial charge in [-0.3, -0.25) is 0 Å². The molecule has 0 saturated heterocycles. The molecule has 0 amide bonds. The van der Waals surface area contributed by atoms with Crippen molar-refractivity contribution >= 4 is 65.7 Å². The Morgan fingerprint density at radius 3 is 1.61 bits per heavy atom. The molecule has 57 heavy (non-hydrogen) atoms. The minimum atomic E-state index is 0.555. The van der Waals surface area contributed by atoms with Crippen LogP contribution < -0.4 is 0 Å². The Hall–Kier alpha value is -7.83. The molecule has 0 unspecified atom stereocenters. The first kappa shape index (κ1) is 31.5. The smallest absolute Gasteiger partial charge is 0.164 e. The number of benzene rings is 8. The van der Waals surface area contributed by atoms with Gasteiger partial charge in [0.05, 0.1) is 16.7 Å². The molecule has 12 aromatic rings. The van der Waals surface area contributed by atoms with Gasteiger partial charge in [0.2, 0.25) is 0 Å². The maximum Gasteiger partial charge on any atom is 0.164 e. The molecule has 0 aliphatic heterocycles. The number of para-hydroxylation sites is 4. The first-order chi connectivity index (χ1) is 28.3. The summed E-state index contributed by atoms with van der Waals surface area (Å²) in [4.78, 5) is 15.4. The largest absolute Gasteiger partial charge is 0.456 e. The molecular weight excluding hydrogens is 701 g/mol. The SMILES string of the molecule is c1ccc(-c2nc(-c3ccccc3)nc(-c3ccc4c(oc5c(-n6c7ccccc7c7ccccc76)cccc54)c3-c3ccc4oc5ccccc5c4c3)n2)cc1. The van der Waals surface area contributed by atoms with E-state index < -0.39 is 0 Å². The van der Waals surface area contributed by atoms with Gasteiger partial charge in [0, 0.05) is 54.6 Å². The van der Waals surface area contributed by atoms with E-state index in [0.29, 0.717) is 17.5 Å². The molecule has 6 heteroatoms. The van der Waals surface area contributed by atoms with Crippen molar-refractivity contribution in [2.24, 2.45) is 0 Å². The highest BCUT2D eigenvalue weighted by molar-refractivity contribution is 6.17. The minimum absolute atomic E-state index is 0.555. The van der Waals surface area contributed by atoms with Crippen LogP contribution in [0.25, 0.3) is 117 Å². The average Bonchev–Trinajstić information content (AvgIpc) is 3.96. The third kappa shape index (κ3) is 4.87. The summed E-state index contributed by atoms with van der Waals surface area (Å²) in [6.45, 7) is 0. The van der Waals surface area contributed by atoms with Crippen LogP contribution in [0.4, 0.5) is 0 Å². The van der Waals surface area contributed by atoms with E-state index in [4.69, 9.17) is 23.8 Å². The molecule has 8 aromatic carbocycles. The van der Waals surface area contributed by atoms with Crippen molar-refractivity contribution in [3.8, 4) is 51.0 Å². The summed E-state index contributed by atoms with van der Waals surface area (Å²) in [5, 5.41) is 6.51. The van der Waals surface area contributed by atoms with Crippen LogP contribution in [0, 0.1) is 0 Å². The van der Waals surface area contributed by atoms with Gasteiger partial charge in [-0.1, -0.05) is 133 Å². The van der Waals surface area contributed by atoms with Crippen molar-refractivity contribution < 1.29 is 8.83 Å². The predicted octanol–water partition coefficient (Wildman–Crippen LogP) is 13.4. The average molecular weight is 731 g/mol. The number of aromatic nitrogens is 4. The van der Waals surface area contributed by atoms with Crippen molar-refractivity contribution in [1.29, 1.82) is 0 Å². The maximum absolute atomic E-state index is 7.25. The van der Waals surface area contributed by atoms with Crippen LogP contribution in [0.5, 0.6) is 0 Å². The van der Waals surface area contributed by atoms with Crippen LogP contribution in [0.2, 0.25) is 0 Å². The van der Waals surface area contributed by atoms with Crippen LogP contribution in [0.3, 0.4) is 0 Å². The van der Waals surface area contributed by atoms with Crippen molar-refractivity contribution in [3.63, 3.8) is 0 Å². The normalized spacial score (nSPS) is 11.9. The van der Waals surface area contributed by atoms with E-state index in [1.807, 2.05) is 78.9 Å². The Kier molecular flexibility index (Phi) is 6.83. The monoisotopic (exact) mass is 730 g/mol. The Bertz CT molecular complexity index is 3410. The Morgan fingerprint density at radius 2 is 0.912 bits per heavy atom. The lowest BCUT2D eigenvalue weighted by Crippen LogP contribution is -2.01. The predicted molar refractivity (Wildman–Crippen MR) is 230 cm³/mol. The third-order valence-electron chi connectivity index (χ3n) is 11.1. The van der Waals surface area contributed by atoms with Gasteiger partial charge < -0.3 is 13.4 Å². The van der Waals surface area contributed by atoms with Gasteiger partial charge in [-0.15, -0.1) is 0 Å². The number of fused-ring (bicyclic) bond motifs is 9. The van der Waals surface area contributed by atoms with Gasteiger partial charge in [-0.25, -0.2) is 15.0 Å². The fourth-order valence-corrected chi connectivity index (χ4v) is 8.49. The number of hydrogen-bond acceptors (Lipinski definition) is 5. The summed E-state index contributed by atoms with van der Waals surface area (Å²) in [6, 6.07) is 62.5. The van der Waals surface area contributed by atoms with Crippen molar-refractivity contribution in [3.05, 3.63) is 182 Å². The molecule has 266 valence electrons. The van der Waals surface area contributed by atoms with Crippen LogP contribution in [-0.2, 0) is 0 Å². The minimum Gasteiger partial charge on any atom is -0.456 e.